The van der Waals surface area contributed by atoms with Crippen LogP contribution < -0.4 is 14.4 Å². The summed E-state index contributed by atoms with van der Waals surface area (Å²) in [5.74, 6) is 0.341. The molecule has 0 aliphatic heterocycles. The number of nitrogens with zero attached hydrogens (tertiary/aromatic N) is 1. The first-order valence-electron chi connectivity index (χ1n) is 9.56. The molecule has 0 radical (unpaired) electrons. The molecule has 0 N–H and O–H groups in total. The van der Waals surface area contributed by atoms with Crippen LogP contribution in [0, 0.1) is 0 Å². The zero-order chi connectivity index (χ0) is 21.2. The molecule has 0 bridgehead atoms. The third-order valence-corrected chi connectivity index (χ3v) is 4.19. The molecule has 6 nitrogen and oxygen atoms in total. The number of rotatable bonds is 9. The Morgan fingerprint density at radius 2 is 1.79 bits per heavy atom. The molecule has 154 valence electrons. The van der Waals surface area contributed by atoms with Crippen molar-refractivity contribution < 1.29 is 23.8 Å². The van der Waals surface area contributed by atoms with Crippen molar-refractivity contribution in [1.29, 1.82) is 0 Å². The van der Waals surface area contributed by atoms with Gasteiger partial charge in [0.05, 0.1) is 13.7 Å². The van der Waals surface area contributed by atoms with E-state index in [1.807, 2.05) is 44.2 Å². The van der Waals surface area contributed by atoms with Crippen LogP contribution in [0.3, 0.4) is 0 Å². The lowest BCUT2D eigenvalue weighted by Gasteiger charge is -2.24. The van der Waals surface area contributed by atoms with Crippen molar-refractivity contribution in [3.8, 4) is 11.5 Å². The molecule has 0 spiro atoms. The second-order valence-electron chi connectivity index (χ2n) is 6.17. The van der Waals surface area contributed by atoms with E-state index >= 15 is 0 Å². The predicted molar refractivity (Wildman–Crippen MR) is 113 cm³/mol. The Morgan fingerprint density at radius 3 is 2.41 bits per heavy atom. The number of para-hydroxylation sites is 1. The first-order valence-corrected chi connectivity index (χ1v) is 9.56. The molecule has 0 aromatic heterocycles. The highest BCUT2D eigenvalue weighted by Crippen LogP contribution is 2.28. The average Bonchev–Trinajstić information content (AvgIpc) is 2.74. The van der Waals surface area contributed by atoms with Crippen molar-refractivity contribution >= 4 is 23.6 Å². The summed E-state index contributed by atoms with van der Waals surface area (Å²) in [7, 11) is 1.55. The van der Waals surface area contributed by atoms with E-state index in [2.05, 4.69) is 0 Å². The van der Waals surface area contributed by atoms with Crippen molar-refractivity contribution in [3.05, 3.63) is 60.2 Å². The molecule has 1 atom stereocenters. The maximum absolute atomic E-state index is 12.7. The average molecular weight is 397 g/mol. The van der Waals surface area contributed by atoms with Crippen LogP contribution in [0.4, 0.5) is 5.69 Å². The lowest BCUT2D eigenvalue weighted by atomic mass is 10.2. The van der Waals surface area contributed by atoms with Crippen LogP contribution in [-0.2, 0) is 14.3 Å². The summed E-state index contributed by atoms with van der Waals surface area (Å²) in [6.45, 7) is 6.34. The van der Waals surface area contributed by atoms with Gasteiger partial charge >= 0.3 is 5.97 Å². The Hall–Kier alpha value is -3.28. The first-order chi connectivity index (χ1) is 14.0. The molecule has 0 saturated carbocycles. The molecule has 2 aromatic carbocycles. The molecule has 0 aliphatic carbocycles. The van der Waals surface area contributed by atoms with E-state index < -0.39 is 12.1 Å². The minimum atomic E-state index is -0.901. The van der Waals surface area contributed by atoms with Crippen molar-refractivity contribution in [2.75, 3.05) is 25.2 Å². The molecule has 29 heavy (non-hydrogen) atoms. The summed E-state index contributed by atoms with van der Waals surface area (Å²) in [6, 6.07) is 14.6. The first kappa shape index (κ1) is 22.0. The number of hydrogen-bond acceptors (Lipinski definition) is 5. The fourth-order valence-corrected chi connectivity index (χ4v) is 2.78. The van der Waals surface area contributed by atoms with Gasteiger partial charge in [0.1, 0.15) is 0 Å². The van der Waals surface area contributed by atoms with Crippen LogP contribution in [0.25, 0.3) is 6.08 Å². The normalized spacial score (nSPS) is 11.7. The van der Waals surface area contributed by atoms with Crippen molar-refractivity contribution in [1.82, 2.24) is 0 Å². The van der Waals surface area contributed by atoms with Crippen LogP contribution in [0.1, 0.15) is 26.3 Å². The second kappa shape index (κ2) is 10.9. The third-order valence-electron chi connectivity index (χ3n) is 4.19. The minimum absolute atomic E-state index is 0.275. The highest BCUT2D eigenvalue weighted by Gasteiger charge is 2.23. The Kier molecular flexibility index (Phi) is 8.27. The number of carbonyl (C=O) groups excluding carboxylic acids is 2. The third kappa shape index (κ3) is 6.10. The molecule has 2 rings (SSSR count). The van der Waals surface area contributed by atoms with Crippen molar-refractivity contribution in [3.63, 3.8) is 0 Å². The molecule has 0 fully saturated rings. The van der Waals surface area contributed by atoms with Gasteiger partial charge in [-0.05, 0) is 56.7 Å². The highest BCUT2D eigenvalue weighted by atomic mass is 16.5. The van der Waals surface area contributed by atoms with E-state index in [4.69, 9.17) is 14.2 Å². The largest absolute Gasteiger partial charge is 0.493 e. The van der Waals surface area contributed by atoms with Gasteiger partial charge in [0.15, 0.2) is 17.6 Å². The minimum Gasteiger partial charge on any atom is -0.493 e. The van der Waals surface area contributed by atoms with E-state index in [0.29, 0.717) is 24.7 Å². The summed E-state index contributed by atoms with van der Waals surface area (Å²) in [4.78, 5) is 26.4. The number of likely N-dealkylation sites (N-methyl/N-ethyl adjacent to an activating group) is 1. The van der Waals surface area contributed by atoms with Crippen LogP contribution in [0.2, 0.25) is 0 Å². The van der Waals surface area contributed by atoms with Gasteiger partial charge in [-0.25, -0.2) is 4.79 Å². The number of ether oxygens (including phenoxy) is 3. The summed E-state index contributed by atoms with van der Waals surface area (Å²) in [5.41, 5.74) is 1.51. The standard InChI is InChI=1S/C23H27NO5/c1-5-24(19-10-8-7-9-11-19)23(26)17(3)29-22(25)15-13-18-12-14-20(28-6-2)21(16-18)27-4/h7-17H,5-6H2,1-4H3/b15-13+/t17-/m1/s1. The van der Waals surface area contributed by atoms with Crippen LogP contribution in [0.15, 0.2) is 54.6 Å². The van der Waals surface area contributed by atoms with Crippen molar-refractivity contribution in [2.45, 2.75) is 26.9 Å². The maximum atomic E-state index is 12.7. The van der Waals surface area contributed by atoms with E-state index in [9.17, 15) is 9.59 Å². The monoisotopic (exact) mass is 397 g/mol. The van der Waals surface area contributed by atoms with Crippen LogP contribution in [0.5, 0.6) is 11.5 Å². The van der Waals surface area contributed by atoms with Gasteiger partial charge in [-0.2, -0.15) is 0 Å². The predicted octanol–water partition coefficient (Wildman–Crippen LogP) is 4.09. The van der Waals surface area contributed by atoms with Gasteiger partial charge in [0, 0.05) is 18.3 Å². The molecule has 2 aromatic rings. The smallest absolute Gasteiger partial charge is 0.331 e. The zero-order valence-corrected chi connectivity index (χ0v) is 17.3. The summed E-state index contributed by atoms with van der Waals surface area (Å²) < 4.78 is 16.1. The number of benzene rings is 2. The lowest BCUT2D eigenvalue weighted by Crippen LogP contribution is -2.39. The summed E-state index contributed by atoms with van der Waals surface area (Å²) in [6.07, 6.45) is 1.99. The quantitative estimate of drug-likeness (QED) is 0.471. The van der Waals surface area contributed by atoms with E-state index in [-0.39, 0.29) is 5.91 Å². The fraction of sp³-hybridized carbons (Fsp3) is 0.304. The van der Waals surface area contributed by atoms with Gasteiger partial charge < -0.3 is 19.1 Å². The van der Waals surface area contributed by atoms with E-state index in [1.54, 1.807) is 43.2 Å². The second-order valence-corrected chi connectivity index (χ2v) is 6.17. The van der Waals surface area contributed by atoms with Gasteiger partial charge in [-0.15, -0.1) is 0 Å². The molecule has 1 amide bonds. The van der Waals surface area contributed by atoms with Crippen LogP contribution in [-0.4, -0.2) is 38.2 Å². The molecule has 0 heterocycles. The Morgan fingerprint density at radius 1 is 1.07 bits per heavy atom. The molecular formula is C23H27NO5. The van der Waals surface area contributed by atoms with Crippen LogP contribution >= 0.6 is 0 Å². The van der Waals surface area contributed by atoms with Gasteiger partial charge in [0.25, 0.3) is 5.91 Å². The molecule has 6 heteroatoms. The number of anilines is 1. The number of esters is 1. The van der Waals surface area contributed by atoms with E-state index in [0.717, 1.165) is 11.3 Å². The number of amides is 1. The van der Waals surface area contributed by atoms with Crippen molar-refractivity contribution in [2.24, 2.45) is 0 Å². The van der Waals surface area contributed by atoms with Gasteiger partial charge in [0.2, 0.25) is 0 Å². The molecule has 0 unspecified atom stereocenters. The lowest BCUT2D eigenvalue weighted by molar-refractivity contribution is -0.149. The van der Waals surface area contributed by atoms with Gasteiger partial charge in [-0.1, -0.05) is 24.3 Å². The Labute approximate surface area is 171 Å². The number of carbonyl (C=O) groups is 2. The summed E-state index contributed by atoms with van der Waals surface area (Å²) in [5, 5.41) is 0. The summed E-state index contributed by atoms with van der Waals surface area (Å²) >= 11 is 0. The number of methoxy groups -OCH3 is 1. The molecule has 0 aliphatic rings. The fourth-order valence-electron chi connectivity index (χ4n) is 2.78. The SMILES string of the molecule is CCOc1ccc(/C=C/C(=O)O[C@H](C)C(=O)N(CC)c2ccccc2)cc1OC. The number of hydrogen-bond donors (Lipinski definition) is 0. The zero-order valence-electron chi connectivity index (χ0n) is 17.3. The van der Waals surface area contributed by atoms with E-state index in [1.165, 1.54) is 6.08 Å². The van der Waals surface area contributed by atoms with Gasteiger partial charge in [-0.3, -0.25) is 4.79 Å². The topological polar surface area (TPSA) is 65.1 Å². The molecular weight excluding hydrogens is 370 g/mol. The Bertz CT molecular complexity index is 848. The maximum Gasteiger partial charge on any atom is 0.331 e. The highest BCUT2D eigenvalue weighted by molar-refractivity contribution is 5.98. The molecule has 0 saturated heterocycles. The Balaban J connectivity index is 2.01.